The standard InChI is InChI=1S/C14H13NO3S/c16-13(12-2-1-9-19-12)15-8-7-10-3-5-11(6-4-10)14(17)18/h1-6,9H,7-8H2,(H,15,16)(H,17,18). The van der Waals surface area contributed by atoms with Gasteiger partial charge in [-0.05, 0) is 35.6 Å². The topological polar surface area (TPSA) is 66.4 Å². The van der Waals surface area contributed by atoms with E-state index in [-0.39, 0.29) is 11.5 Å². The van der Waals surface area contributed by atoms with E-state index in [4.69, 9.17) is 5.11 Å². The summed E-state index contributed by atoms with van der Waals surface area (Å²) in [6.45, 7) is 0.531. The third-order valence-electron chi connectivity index (χ3n) is 2.65. The Morgan fingerprint density at radius 3 is 2.47 bits per heavy atom. The molecule has 1 aromatic heterocycles. The molecule has 0 atom stereocenters. The third kappa shape index (κ3) is 3.66. The van der Waals surface area contributed by atoms with Crippen molar-refractivity contribution in [3.63, 3.8) is 0 Å². The zero-order valence-corrected chi connectivity index (χ0v) is 10.9. The van der Waals surface area contributed by atoms with E-state index in [1.165, 1.54) is 11.3 Å². The van der Waals surface area contributed by atoms with Crippen LogP contribution in [0.4, 0.5) is 0 Å². The Bertz CT molecular complexity index is 561. The van der Waals surface area contributed by atoms with Crippen molar-refractivity contribution in [1.82, 2.24) is 5.32 Å². The lowest BCUT2D eigenvalue weighted by molar-refractivity contribution is 0.0696. The Kier molecular flexibility index (Phi) is 4.30. The molecular formula is C14H13NO3S. The molecule has 1 heterocycles. The first-order chi connectivity index (χ1) is 9.16. The summed E-state index contributed by atoms with van der Waals surface area (Å²) in [4.78, 5) is 23.0. The molecule has 0 radical (unpaired) electrons. The van der Waals surface area contributed by atoms with E-state index < -0.39 is 5.97 Å². The zero-order chi connectivity index (χ0) is 13.7. The number of carboxylic acid groups (broad SMARTS) is 1. The van der Waals surface area contributed by atoms with Crippen LogP contribution in [0.5, 0.6) is 0 Å². The Hall–Kier alpha value is -2.14. The van der Waals surface area contributed by atoms with Gasteiger partial charge in [0.2, 0.25) is 0 Å². The van der Waals surface area contributed by atoms with Crippen molar-refractivity contribution in [2.45, 2.75) is 6.42 Å². The normalized spacial score (nSPS) is 10.1. The van der Waals surface area contributed by atoms with Gasteiger partial charge in [0.15, 0.2) is 0 Å². The van der Waals surface area contributed by atoms with Crippen molar-refractivity contribution in [3.05, 3.63) is 57.8 Å². The van der Waals surface area contributed by atoms with E-state index in [0.717, 1.165) is 5.56 Å². The number of thiophene rings is 1. The lowest BCUT2D eigenvalue weighted by Crippen LogP contribution is -2.24. The van der Waals surface area contributed by atoms with Crippen molar-refractivity contribution >= 4 is 23.2 Å². The zero-order valence-electron chi connectivity index (χ0n) is 10.1. The van der Waals surface area contributed by atoms with Crippen LogP contribution in [0.25, 0.3) is 0 Å². The van der Waals surface area contributed by atoms with Gasteiger partial charge in [-0.25, -0.2) is 4.79 Å². The molecule has 2 aromatic rings. The third-order valence-corrected chi connectivity index (χ3v) is 3.51. The molecule has 0 aliphatic heterocycles. The quantitative estimate of drug-likeness (QED) is 0.880. The second-order valence-electron chi connectivity index (χ2n) is 3.99. The summed E-state index contributed by atoms with van der Waals surface area (Å²) in [5.41, 5.74) is 1.27. The highest BCUT2D eigenvalue weighted by Gasteiger charge is 2.05. The van der Waals surface area contributed by atoms with Crippen molar-refractivity contribution in [1.29, 1.82) is 0 Å². The molecule has 0 fully saturated rings. The molecule has 0 saturated carbocycles. The molecular weight excluding hydrogens is 262 g/mol. The summed E-state index contributed by atoms with van der Waals surface area (Å²) < 4.78 is 0. The summed E-state index contributed by atoms with van der Waals surface area (Å²) in [5, 5.41) is 13.5. The number of carboxylic acids is 1. The van der Waals surface area contributed by atoms with Gasteiger partial charge in [0.25, 0.3) is 5.91 Å². The minimum absolute atomic E-state index is 0.0721. The minimum atomic E-state index is -0.933. The Morgan fingerprint density at radius 1 is 1.16 bits per heavy atom. The number of nitrogens with one attached hydrogen (secondary N) is 1. The molecule has 5 heteroatoms. The molecule has 2 N–H and O–H groups in total. The van der Waals surface area contributed by atoms with Gasteiger partial charge in [-0.1, -0.05) is 18.2 Å². The summed E-state index contributed by atoms with van der Waals surface area (Å²) in [5.74, 6) is -1.00. The van der Waals surface area contributed by atoms with Crippen molar-refractivity contribution in [3.8, 4) is 0 Å². The first-order valence-corrected chi connectivity index (χ1v) is 6.69. The number of carbonyl (C=O) groups is 2. The molecule has 0 aliphatic carbocycles. The predicted molar refractivity (Wildman–Crippen MR) is 73.8 cm³/mol. The van der Waals surface area contributed by atoms with Gasteiger partial charge in [-0.15, -0.1) is 11.3 Å². The summed E-state index contributed by atoms with van der Waals surface area (Å²) in [6.07, 6.45) is 0.678. The lowest BCUT2D eigenvalue weighted by Gasteiger charge is -2.04. The second kappa shape index (κ2) is 6.15. The maximum atomic E-state index is 11.7. The van der Waals surface area contributed by atoms with Crippen LogP contribution < -0.4 is 5.32 Å². The smallest absolute Gasteiger partial charge is 0.335 e. The minimum Gasteiger partial charge on any atom is -0.478 e. The molecule has 1 amide bonds. The fourth-order valence-corrected chi connectivity index (χ4v) is 2.27. The van der Waals surface area contributed by atoms with Crippen molar-refractivity contribution < 1.29 is 14.7 Å². The number of aromatic carboxylic acids is 1. The fraction of sp³-hybridized carbons (Fsp3) is 0.143. The van der Waals surface area contributed by atoms with Crippen LogP contribution in [-0.4, -0.2) is 23.5 Å². The van der Waals surface area contributed by atoms with Gasteiger partial charge >= 0.3 is 5.97 Å². The fourth-order valence-electron chi connectivity index (χ4n) is 1.63. The summed E-state index contributed by atoms with van der Waals surface area (Å²) in [7, 11) is 0. The van der Waals surface area contributed by atoms with E-state index in [9.17, 15) is 9.59 Å². The Morgan fingerprint density at radius 2 is 1.89 bits per heavy atom. The Labute approximate surface area is 114 Å². The molecule has 2 rings (SSSR count). The average Bonchev–Trinajstić information content (AvgIpc) is 2.93. The monoisotopic (exact) mass is 275 g/mol. The van der Waals surface area contributed by atoms with Gasteiger partial charge in [-0.2, -0.15) is 0 Å². The van der Waals surface area contributed by atoms with Crippen LogP contribution in [0, 0.1) is 0 Å². The van der Waals surface area contributed by atoms with E-state index in [1.54, 1.807) is 30.3 Å². The summed E-state index contributed by atoms with van der Waals surface area (Å²) >= 11 is 1.41. The van der Waals surface area contributed by atoms with Crippen molar-refractivity contribution in [2.75, 3.05) is 6.54 Å². The molecule has 0 bridgehead atoms. The van der Waals surface area contributed by atoms with Gasteiger partial charge < -0.3 is 10.4 Å². The SMILES string of the molecule is O=C(O)c1ccc(CCNC(=O)c2cccs2)cc1. The highest BCUT2D eigenvalue weighted by atomic mass is 32.1. The highest BCUT2D eigenvalue weighted by Crippen LogP contribution is 2.08. The van der Waals surface area contributed by atoms with Crippen LogP contribution in [0.15, 0.2) is 41.8 Å². The number of rotatable bonds is 5. The van der Waals surface area contributed by atoms with E-state index in [1.807, 2.05) is 11.4 Å². The van der Waals surface area contributed by atoms with Gasteiger partial charge in [0, 0.05) is 6.54 Å². The number of benzene rings is 1. The highest BCUT2D eigenvalue weighted by molar-refractivity contribution is 7.12. The molecule has 0 spiro atoms. The maximum absolute atomic E-state index is 11.7. The molecule has 1 aromatic carbocycles. The number of hydrogen-bond acceptors (Lipinski definition) is 3. The van der Waals surface area contributed by atoms with Crippen LogP contribution in [0.1, 0.15) is 25.6 Å². The van der Waals surface area contributed by atoms with Crippen LogP contribution in [0.2, 0.25) is 0 Å². The second-order valence-corrected chi connectivity index (χ2v) is 4.93. The molecule has 0 saturated heterocycles. The predicted octanol–water partition coefficient (Wildman–Crippen LogP) is 2.42. The summed E-state index contributed by atoms with van der Waals surface area (Å²) in [6, 6.07) is 10.3. The molecule has 0 unspecified atom stereocenters. The molecule has 98 valence electrons. The van der Waals surface area contributed by atoms with Gasteiger partial charge in [-0.3, -0.25) is 4.79 Å². The van der Waals surface area contributed by atoms with Gasteiger partial charge in [0.05, 0.1) is 10.4 Å². The first-order valence-electron chi connectivity index (χ1n) is 5.81. The van der Waals surface area contributed by atoms with E-state index in [2.05, 4.69) is 5.32 Å². The van der Waals surface area contributed by atoms with E-state index >= 15 is 0 Å². The van der Waals surface area contributed by atoms with Crippen LogP contribution in [0.3, 0.4) is 0 Å². The van der Waals surface area contributed by atoms with Crippen LogP contribution >= 0.6 is 11.3 Å². The number of hydrogen-bond donors (Lipinski definition) is 2. The Balaban J connectivity index is 1.82. The molecule has 4 nitrogen and oxygen atoms in total. The van der Waals surface area contributed by atoms with Gasteiger partial charge in [0.1, 0.15) is 0 Å². The lowest BCUT2D eigenvalue weighted by atomic mass is 10.1. The van der Waals surface area contributed by atoms with E-state index in [0.29, 0.717) is 17.8 Å². The number of carbonyl (C=O) groups excluding carboxylic acids is 1. The molecule has 19 heavy (non-hydrogen) atoms. The van der Waals surface area contributed by atoms with Crippen molar-refractivity contribution in [2.24, 2.45) is 0 Å². The maximum Gasteiger partial charge on any atom is 0.335 e. The first kappa shape index (κ1) is 13.3. The molecule has 0 aliphatic rings. The van der Waals surface area contributed by atoms with Crippen LogP contribution in [-0.2, 0) is 6.42 Å². The average molecular weight is 275 g/mol. The number of amides is 1. The largest absolute Gasteiger partial charge is 0.478 e.